The van der Waals surface area contributed by atoms with E-state index in [2.05, 4.69) is 113 Å². The molecule has 0 aliphatic carbocycles. The number of benzene rings is 3. The molecule has 4 aliphatic rings. The standard InChI is InChI=1S/C43H56O9Si/c1-40(2,3)53(8,9)52-32-25-26-35(44-27-34-36-37(49-41(4,5)48-36)38-39(47-34)51-42(6,7)50-38)46-33(32)28-45-43(29-19-13-10-14-20-29,30-21-15-11-16-22-30)31-23-17-12-18-24-31/h10-26,32-39H,27-28H2,1-9H3/t32-,33+,34+,35-,36-,37-,38+,39+/m0/s1. The highest BCUT2D eigenvalue weighted by atomic mass is 28.4. The van der Waals surface area contributed by atoms with Crippen LogP contribution in [0, 0.1) is 0 Å². The maximum absolute atomic E-state index is 7.28. The van der Waals surface area contributed by atoms with Gasteiger partial charge in [0.15, 0.2) is 32.5 Å². The van der Waals surface area contributed by atoms with E-state index < -0.39 is 62.5 Å². The van der Waals surface area contributed by atoms with Crippen LogP contribution in [0.25, 0.3) is 0 Å². The second-order valence-corrected chi connectivity index (χ2v) is 21.7. The summed E-state index contributed by atoms with van der Waals surface area (Å²) < 4.78 is 59.0. The van der Waals surface area contributed by atoms with Gasteiger partial charge in [-0.15, -0.1) is 0 Å². The van der Waals surface area contributed by atoms with E-state index in [0.29, 0.717) is 0 Å². The summed E-state index contributed by atoms with van der Waals surface area (Å²) in [6.45, 7) is 19.2. The zero-order valence-corrected chi connectivity index (χ0v) is 33.5. The molecular weight excluding hydrogens is 689 g/mol. The van der Waals surface area contributed by atoms with Crippen LogP contribution in [0.15, 0.2) is 103 Å². The molecular formula is C43H56O9Si. The van der Waals surface area contributed by atoms with E-state index in [4.69, 9.17) is 42.3 Å². The molecule has 3 aromatic carbocycles. The van der Waals surface area contributed by atoms with Crippen LogP contribution >= 0.6 is 0 Å². The van der Waals surface area contributed by atoms with Crippen LogP contribution in [0.1, 0.15) is 65.2 Å². The van der Waals surface area contributed by atoms with Gasteiger partial charge in [0.1, 0.15) is 36.1 Å². The molecule has 0 radical (unpaired) electrons. The molecule has 8 atom stereocenters. The van der Waals surface area contributed by atoms with Gasteiger partial charge < -0.3 is 42.3 Å². The number of hydrogen-bond donors (Lipinski definition) is 0. The van der Waals surface area contributed by atoms with Gasteiger partial charge in [-0.1, -0.05) is 118 Å². The Balaban J connectivity index is 1.16. The van der Waals surface area contributed by atoms with Crippen molar-refractivity contribution in [3.63, 3.8) is 0 Å². The van der Waals surface area contributed by atoms with Crippen molar-refractivity contribution < 1.29 is 42.3 Å². The molecule has 9 nitrogen and oxygen atoms in total. The zero-order chi connectivity index (χ0) is 37.6. The maximum Gasteiger partial charge on any atom is 0.193 e. The zero-order valence-electron chi connectivity index (χ0n) is 32.5. The second-order valence-electron chi connectivity index (χ2n) is 16.9. The van der Waals surface area contributed by atoms with Gasteiger partial charge in [-0.3, -0.25) is 0 Å². The van der Waals surface area contributed by atoms with Crippen molar-refractivity contribution in [2.75, 3.05) is 13.2 Å². The quantitative estimate of drug-likeness (QED) is 0.110. The Morgan fingerprint density at radius 2 is 1.11 bits per heavy atom. The van der Waals surface area contributed by atoms with Crippen molar-refractivity contribution in [1.82, 2.24) is 0 Å². The van der Waals surface area contributed by atoms with Crippen molar-refractivity contribution >= 4 is 8.32 Å². The molecule has 0 saturated carbocycles. The average molecular weight is 745 g/mol. The monoisotopic (exact) mass is 744 g/mol. The first-order valence-corrected chi connectivity index (χ1v) is 21.8. The van der Waals surface area contributed by atoms with Gasteiger partial charge in [0.25, 0.3) is 0 Å². The molecule has 3 saturated heterocycles. The Morgan fingerprint density at radius 3 is 1.66 bits per heavy atom. The first kappa shape index (κ1) is 38.5. The lowest BCUT2D eigenvalue weighted by Gasteiger charge is -2.43. The van der Waals surface area contributed by atoms with Gasteiger partial charge in [-0.2, -0.15) is 0 Å². The van der Waals surface area contributed by atoms with E-state index in [1.807, 2.05) is 52.0 Å². The summed E-state index contributed by atoms with van der Waals surface area (Å²) in [5.74, 6) is -1.61. The Hall–Kier alpha value is -2.74. The van der Waals surface area contributed by atoms with Crippen LogP contribution in [0.2, 0.25) is 18.1 Å². The molecule has 7 rings (SSSR count). The van der Waals surface area contributed by atoms with E-state index >= 15 is 0 Å². The average Bonchev–Trinajstić information content (AvgIpc) is 3.62. The predicted molar refractivity (Wildman–Crippen MR) is 204 cm³/mol. The number of fused-ring (bicyclic) bond motifs is 3. The fourth-order valence-electron chi connectivity index (χ4n) is 7.47. The SMILES string of the molecule is CC1(C)O[C@H]2[C@@H](O1)[C@@H](CO[C@@H]1C=C[C@H](O[Si](C)(C)C(C)(C)C)[C@@H](COC(c3ccccc3)(c3ccccc3)c3ccccc3)O1)O[C@@H]1OC(C)(C)O[C@@H]12. The van der Waals surface area contributed by atoms with Crippen LogP contribution in [0.4, 0.5) is 0 Å². The molecule has 10 heteroatoms. The van der Waals surface area contributed by atoms with Crippen LogP contribution in [-0.2, 0) is 47.9 Å². The molecule has 0 bridgehead atoms. The van der Waals surface area contributed by atoms with E-state index in [-0.39, 0.29) is 30.5 Å². The molecule has 0 amide bonds. The topological polar surface area (TPSA) is 83.1 Å². The van der Waals surface area contributed by atoms with Crippen LogP contribution in [-0.4, -0.2) is 82.3 Å². The highest BCUT2D eigenvalue weighted by Gasteiger charge is 2.61. The normalized spacial score (nSPS) is 30.9. The van der Waals surface area contributed by atoms with Crippen molar-refractivity contribution in [2.24, 2.45) is 0 Å². The Morgan fingerprint density at radius 1 is 0.604 bits per heavy atom. The van der Waals surface area contributed by atoms with E-state index in [9.17, 15) is 0 Å². The number of hydrogen-bond acceptors (Lipinski definition) is 9. The molecule has 3 fully saturated rings. The summed E-state index contributed by atoms with van der Waals surface area (Å²) in [5.41, 5.74) is 2.13. The summed E-state index contributed by atoms with van der Waals surface area (Å²) in [7, 11) is -2.22. The van der Waals surface area contributed by atoms with E-state index in [1.54, 1.807) is 0 Å². The Bertz CT molecular complexity index is 1590. The lowest BCUT2D eigenvalue weighted by Crippen LogP contribution is -2.56. The molecule has 4 heterocycles. The fourth-order valence-corrected chi connectivity index (χ4v) is 8.74. The highest BCUT2D eigenvalue weighted by Crippen LogP contribution is 2.45. The third kappa shape index (κ3) is 8.00. The summed E-state index contributed by atoms with van der Waals surface area (Å²) in [6.07, 6.45) is 0.212. The molecule has 0 spiro atoms. The van der Waals surface area contributed by atoms with Gasteiger partial charge in [0.05, 0.1) is 19.3 Å². The minimum atomic E-state index is -2.22. The lowest BCUT2D eigenvalue weighted by molar-refractivity contribution is -0.259. The molecule has 286 valence electrons. The summed E-state index contributed by atoms with van der Waals surface area (Å²) in [4.78, 5) is 0. The van der Waals surface area contributed by atoms with E-state index in [1.165, 1.54) is 0 Å². The van der Waals surface area contributed by atoms with Crippen LogP contribution in [0.5, 0.6) is 0 Å². The smallest absolute Gasteiger partial charge is 0.193 e. The van der Waals surface area contributed by atoms with Gasteiger partial charge >= 0.3 is 0 Å². The lowest BCUT2D eigenvalue weighted by atomic mass is 9.80. The number of ether oxygens (including phenoxy) is 8. The number of rotatable bonds is 11. The van der Waals surface area contributed by atoms with Gasteiger partial charge in [0, 0.05) is 0 Å². The third-order valence-electron chi connectivity index (χ3n) is 11.1. The third-order valence-corrected chi connectivity index (χ3v) is 15.5. The minimum absolute atomic E-state index is 0.00803. The van der Waals surface area contributed by atoms with Gasteiger partial charge in [0.2, 0.25) is 0 Å². The minimum Gasteiger partial charge on any atom is -0.408 e. The van der Waals surface area contributed by atoms with E-state index in [0.717, 1.165) is 16.7 Å². The Labute approximate surface area is 315 Å². The van der Waals surface area contributed by atoms with Crippen molar-refractivity contribution in [3.8, 4) is 0 Å². The van der Waals surface area contributed by atoms with Gasteiger partial charge in [-0.25, -0.2) is 0 Å². The fraction of sp³-hybridized carbons (Fsp3) is 0.535. The molecule has 4 aliphatic heterocycles. The van der Waals surface area contributed by atoms with Crippen LogP contribution < -0.4 is 0 Å². The maximum atomic E-state index is 7.28. The molecule has 0 N–H and O–H groups in total. The summed E-state index contributed by atoms with van der Waals surface area (Å²) in [5, 5.41) is -0.00803. The van der Waals surface area contributed by atoms with Crippen molar-refractivity contribution in [2.45, 2.75) is 133 Å². The first-order valence-electron chi connectivity index (χ1n) is 18.9. The first-order chi connectivity index (χ1) is 25.1. The van der Waals surface area contributed by atoms with Crippen molar-refractivity contribution in [1.29, 1.82) is 0 Å². The largest absolute Gasteiger partial charge is 0.408 e. The van der Waals surface area contributed by atoms with Gasteiger partial charge in [-0.05, 0) is 68.6 Å². The summed E-state index contributed by atoms with van der Waals surface area (Å²) >= 11 is 0. The Kier molecular flexibility index (Phi) is 10.7. The molecule has 0 aromatic heterocycles. The molecule has 0 unspecified atom stereocenters. The molecule has 53 heavy (non-hydrogen) atoms. The highest BCUT2D eigenvalue weighted by molar-refractivity contribution is 6.74. The second kappa shape index (κ2) is 14.7. The predicted octanol–water partition coefficient (Wildman–Crippen LogP) is 8.08. The summed E-state index contributed by atoms with van der Waals surface area (Å²) in [6, 6.07) is 31.1. The molecule has 3 aromatic rings. The van der Waals surface area contributed by atoms with Crippen LogP contribution in [0.3, 0.4) is 0 Å². The van der Waals surface area contributed by atoms with Crippen molar-refractivity contribution in [3.05, 3.63) is 120 Å².